The van der Waals surface area contributed by atoms with Crippen molar-refractivity contribution in [2.24, 2.45) is 0 Å². The summed E-state index contributed by atoms with van der Waals surface area (Å²) in [5, 5.41) is 2.82. The van der Waals surface area contributed by atoms with Crippen LogP contribution < -0.4 is 20.9 Å². The van der Waals surface area contributed by atoms with Gasteiger partial charge >= 0.3 is 0 Å². The summed E-state index contributed by atoms with van der Waals surface area (Å²) in [7, 11) is -3.29. The summed E-state index contributed by atoms with van der Waals surface area (Å²) in [5.74, 6) is -0.102. The van der Waals surface area contributed by atoms with Gasteiger partial charge in [-0.2, -0.15) is 0 Å². The average Bonchev–Trinajstić information content (AvgIpc) is 2.88. The van der Waals surface area contributed by atoms with E-state index in [4.69, 9.17) is 0 Å². The Morgan fingerprint density at radius 1 is 1.23 bits per heavy atom. The molecule has 1 aliphatic heterocycles. The van der Waals surface area contributed by atoms with Crippen molar-refractivity contribution in [3.05, 3.63) is 24.3 Å². The Hall–Kier alpha value is -1.64. The highest BCUT2D eigenvalue weighted by atomic mass is 32.2. The monoisotopic (exact) mass is 326 g/mol. The van der Waals surface area contributed by atoms with Crippen molar-refractivity contribution < 1.29 is 13.2 Å². The molecule has 0 bridgehead atoms. The number of nitrogens with one attached hydrogen (secondary N) is 4. The van der Waals surface area contributed by atoms with E-state index in [0.29, 0.717) is 17.4 Å². The molecule has 1 aromatic carbocycles. The Balaban J connectivity index is 1.89. The molecule has 0 radical (unpaired) electrons. The summed E-state index contributed by atoms with van der Waals surface area (Å²) >= 11 is 0. The third-order valence-corrected chi connectivity index (χ3v) is 4.00. The van der Waals surface area contributed by atoms with Crippen molar-refractivity contribution in [1.82, 2.24) is 10.9 Å². The number of sulfonamides is 1. The fourth-order valence-electron chi connectivity index (χ4n) is 2.40. The van der Waals surface area contributed by atoms with Gasteiger partial charge in [-0.25, -0.2) is 13.8 Å². The van der Waals surface area contributed by atoms with Crippen LogP contribution in [0.2, 0.25) is 0 Å². The molecule has 1 fully saturated rings. The fraction of sp³-hybridized carbons (Fsp3) is 0.500. The maximum Gasteiger partial charge on any atom is 0.242 e. The van der Waals surface area contributed by atoms with Gasteiger partial charge in [-0.05, 0) is 37.1 Å². The third kappa shape index (κ3) is 4.97. The molecule has 1 amide bonds. The van der Waals surface area contributed by atoms with E-state index >= 15 is 0 Å². The summed E-state index contributed by atoms with van der Waals surface area (Å²) in [4.78, 5) is 12.2. The second kappa shape index (κ2) is 7.08. The Kier molecular flexibility index (Phi) is 5.38. The standard InChI is InChI=1S/C14H22N4O3S/c1-3-4-12-9-13(17-16-12)14(19)15-10-5-7-11(8-6-10)18-22(2,20)21/h5-8,12-13,16-18H,3-4,9H2,1-2H3,(H,15,19). The van der Waals surface area contributed by atoms with Gasteiger partial charge in [-0.1, -0.05) is 13.3 Å². The molecule has 7 nitrogen and oxygen atoms in total. The zero-order valence-electron chi connectivity index (χ0n) is 12.7. The number of carbonyl (C=O) groups excluding carboxylic acids is 1. The summed E-state index contributed by atoms with van der Waals surface area (Å²) in [6.45, 7) is 2.11. The van der Waals surface area contributed by atoms with E-state index in [-0.39, 0.29) is 11.9 Å². The first-order valence-electron chi connectivity index (χ1n) is 7.27. The average molecular weight is 326 g/mol. The highest BCUT2D eigenvalue weighted by Crippen LogP contribution is 2.16. The molecule has 1 aromatic rings. The lowest BCUT2D eigenvalue weighted by Crippen LogP contribution is -2.40. The maximum absolute atomic E-state index is 12.2. The molecule has 1 saturated heterocycles. The van der Waals surface area contributed by atoms with Crippen LogP contribution in [0.3, 0.4) is 0 Å². The van der Waals surface area contributed by atoms with Crippen LogP contribution in [-0.2, 0) is 14.8 Å². The van der Waals surface area contributed by atoms with Crippen molar-refractivity contribution in [1.29, 1.82) is 0 Å². The van der Waals surface area contributed by atoms with Crippen LogP contribution in [0.5, 0.6) is 0 Å². The normalized spacial score (nSPS) is 21.5. The summed E-state index contributed by atoms with van der Waals surface area (Å²) < 4.78 is 24.6. The van der Waals surface area contributed by atoms with Gasteiger partial charge in [0, 0.05) is 17.4 Å². The van der Waals surface area contributed by atoms with Gasteiger partial charge in [0.15, 0.2) is 0 Å². The quantitative estimate of drug-likeness (QED) is 0.626. The van der Waals surface area contributed by atoms with Gasteiger partial charge in [-0.3, -0.25) is 14.9 Å². The van der Waals surface area contributed by atoms with Gasteiger partial charge in [-0.15, -0.1) is 0 Å². The van der Waals surface area contributed by atoms with E-state index in [2.05, 4.69) is 27.8 Å². The van der Waals surface area contributed by atoms with Crippen molar-refractivity contribution in [2.45, 2.75) is 38.3 Å². The lowest BCUT2D eigenvalue weighted by Gasteiger charge is -2.11. The lowest BCUT2D eigenvalue weighted by atomic mass is 10.1. The minimum atomic E-state index is -3.29. The molecule has 2 atom stereocenters. The minimum Gasteiger partial charge on any atom is -0.325 e. The molecule has 0 aliphatic carbocycles. The molecule has 0 aromatic heterocycles. The van der Waals surface area contributed by atoms with Gasteiger partial charge in [0.05, 0.1) is 6.26 Å². The molecule has 1 aliphatic rings. The van der Waals surface area contributed by atoms with Crippen LogP contribution in [0.15, 0.2) is 24.3 Å². The highest BCUT2D eigenvalue weighted by molar-refractivity contribution is 7.92. The van der Waals surface area contributed by atoms with Crippen molar-refractivity contribution in [3.8, 4) is 0 Å². The molecular formula is C14H22N4O3S. The molecule has 2 rings (SSSR count). The highest BCUT2D eigenvalue weighted by Gasteiger charge is 2.28. The van der Waals surface area contributed by atoms with Gasteiger partial charge < -0.3 is 5.32 Å². The summed E-state index contributed by atoms with van der Waals surface area (Å²) in [6, 6.07) is 6.61. The number of benzene rings is 1. The molecule has 0 spiro atoms. The minimum absolute atomic E-state index is 0.102. The Morgan fingerprint density at radius 2 is 1.86 bits per heavy atom. The van der Waals surface area contributed by atoms with Crippen molar-refractivity contribution in [2.75, 3.05) is 16.3 Å². The molecule has 22 heavy (non-hydrogen) atoms. The Bertz CT molecular complexity index is 615. The van der Waals surface area contributed by atoms with Gasteiger partial charge in [0.25, 0.3) is 0 Å². The van der Waals surface area contributed by atoms with Crippen LogP contribution in [0, 0.1) is 0 Å². The number of carbonyl (C=O) groups is 1. The number of hydrogen-bond acceptors (Lipinski definition) is 5. The fourth-order valence-corrected chi connectivity index (χ4v) is 2.96. The number of anilines is 2. The zero-order chi connectivity index (χ0) is 16.2. The molecule has 0 saturated carbocycles. The van der Waals surface area contributed by atoms with E-state index in [1.165, 1.54) is 0 Å². The number of rotatable bonds is 6. The first kappa shape index (κ1) is 16.7. The van der Waals surface area contributed by atoms with E-state index in [1.807, 2.05) is 0 Å². The third-order valence-electron chi connectivity index (χ3n) is 3.39. The molecule has 4 N–H and O–H groups in total. The maximum atomic E-state index is 12.2. The first-order valence-corrected chi connectivity index (χ1v) is 9.16. The second-order valence-corrected chi connectivity index (χ2v) is 7.25. The first-order chi connectivity index (χ1) is 10.4. The van der Waals surface area contributed by atoms with Crippen LogP contribution in [-0.4, -0.2) is 32.7 Å². The second-order valence-electron chi connectivity index (χ2n) is 5.50. The van der Waals surface area contributed by atoms with Crippen LogP contribution >= 0.6 is 0 Å². The smallest absolute Gasteiger partial charge is 0.242 e. The van der Waals surface area contributed by atoms with Gasteiger partial charge in [0.1, 0.15) is 6.04 Å². The van der Waals surface area contributed by atoms with Crippen LogP contribution in [0.1, 0.15) is 26.2 Å². The zero-order valence-corrected chi connectivity index (χ0v) is 13.5. The number of amides is 1. The van der Waals surface area contributed by atoms with Crippen LogP contribution in [0.4, 0.5) is 11.4 Å². The predicted octanol–water partition coefficient (Wildman–Crippen LogP) is 1.03. The van der Waals surface area contributed by atoms with E-state index < -0.39 is 10.0 Å². The molecular weight excluding hydrogens is 304 g/mol. The molecule has 122 valence electrons. The number of hydrogen-bond donors (Lipinski definition) is 4. The van der Waals surface area contributed by atoms with Crippen molar-refractivity contribution >= 4 is 27.3 Å². The molecule has 2 unspecified atom stereocenters. The predicted molar refractivity (Wildman–Crippen MR) is 86.9 cm³/mol. The number of hydrazine groups is 1. The SMILES string of the molecule is CCCC1CC(C(=O)Nc2ccc(NS(C)(=O)=O)cc2)NN1. The van der Waals surface area contributed by atoms with E-state index in [0.717, 1.165) is 25.5 Å². The Labute approximate surface area is 130 Å². The lowest BCUT2D eigenvalue weighted by molar-refractivity contribution is -0.117. The Morgan fingerprint density at radius 3 is 2.45 bits per heavy atom. The van der Waals surface area contributed by atoms with Crippen molar-refractivity contribution in [3.63, 3.8) is 0 Å². The van der Waals surface area contributed by atoms with E-state index in [1.54, 1.807) is 24.3 Å². The summed E-state index contributed by atoms with van der Waals surface area (Å²) in [5.41, 5.74) is 7.21. The summed E-state index contributed by atoms with van der Waals surface area (Å²) in [6.07, 6.45) is 3.95. The van der Waals surface area contributed by atoms with Crippen LogP contribution in [0.25, 0.3) is 0 Å². The molecule has 8 heteroatoms. The van der Waals surface area contributed by atoms with E-state index in [9.17, 15) is 13.2 Å². The molecule has 1 heterocycles. The van der Waals surface area contributed by atoms with Gasteiger partial charge in [0.2, 0.25) is 15.9 Å². The largest absolute Gasteiger partial charge is 0.325 e. The topological polar surface area (TPSA) is 99.3 Å².